The molecule has 236 valence electrons. The number of carbonyl (C=O) groups excluding carboxylic acids is 1. The summed E-state index contributed by atoms with van der Waals surface area (Å²) in [7, 11) is 0. The lowest BCUT2D eigenvalue weighted by Crippen LogP contribution is -2.33. The van der Waals surface area contributed by atoms with Gasteiger partial charge in [-0.3, -0.25) is 9.69 Å². The number of aromatic carboxylic acids is 1. The Hall–Kier alpha value is -4.84. The zero-order valence-electron chi connectivity index (χ0n) is 24.2. The minimum absolute atomic E-state index is 0.0510. The van der Waals surface area contributed by atoms with Crippen LogP contribution in [-0.2, 0) is 11.3 Å². The Bertz CT molecular complexity index is 1600. The number of pyridine rings is 1. The Morgan fingerprint density at radius 3 is 2.24 bits per heavy atom. The molecular formula is C33H32F3N3O6. The van der Waals surface area contributed by atoms with Crippen LogP contribution in [0.3, 0.4) is 0 Å². The van der Waals surface area contributed by atoms with Crippen molar-refractivity contribution in [3.8, 4) is 22.6 Å². The van der Waals surface area contributed by atoms with E-state index in [4.69, 9.17) is 19.4 Å². The first-order valence-corrected chi connectivity index (χ1v) is 14.4. The second-order valence-electron chi connectivity index (χ2n) is 10.6. The number of hydrogen-bond donors (Lipinski definition) is 2. The number of hydrogen-bond acceptors (Lipinski definition) is 7. The molecule has 1 aliphatic rings. The van der Waals surface area contributed by atoms with E-state index in [9.17, 15) is 22.8 Å². The van der Waals surface area contributed by atoms with Crippen LogP contribution in [0.4, 0.5) is 13.2 Å². The summed E-state index contributed by atoms with van der Waals surface area (Å²) in [5, 5.41) is 16.2. The summed E-state index contributed by atoms with van der Waals surface area (Å²) in [5.74, 6) is -3.05. The number of likely N-dealkylation sites (tertiary alicyclic amines) is 1. The zero-order valence-corrected chi connectivity index (χ0v) is 24.2. The van der Waals surface area contributed by atoms with Gasteiger partial charge in [0.15, 0.2) is 5.76 Å². The molecule has 0 saturated carbocycles. The smallest absolute Gasteiger partial charge is 0.477 e. The highest BCUT2D eigenvalue weighted by Gasteiger charge is 2.38. The van der Waals surface area contributed by atoms with Crippen LogP contribution in [0.25, 0.3) is 22.6 Å². The largest absolute Gasteiger partial charge is 0.490 e. The molecule has 2 aromatic heterocycles. The van der Waals surface area contributed by atoms with Gasteiger partial charge in [0, 0.05) is 13.0 Å². The van der Waals surface area contributed by atoms with Gasteiger partial charge in [0.25, 0.3) is 5.89 Å². The van der Waals surface area contributed by atoms with Gasteiger partial charge in [0.2, 0.25) is 5.78 Å². The fraction of sp³-hybridized carbons (Fsp3) is 0.303. The fourth-order valence-corrected chi connectivity index (χ4v) is 5.04. The van der Waals surface area contributed by atoms with E-state index in [1.807, 2.05) is 6.07 Å². The number of aliphatic carboxylic acids is 1. The molecule has 0 radical (unpaired) electrons. The van der Waals surface area contributed by atoms with Crippen molar-refractivity contribution in [2.45, 2.75) is 44.8 Å². The van der Waals surface area contributed by atoms with E-state index < -0.39 is 18.1 Å². The van der Waals surface area contributed by atoms with E-state index in [1.54, 1.807) is 12.1 Å². The first kappa shape index (κ1) is 33.1. The molecular weight excluding hydrogens is 591 g/mol. The van der Waals surface area contributed by atoms with E-state index in [0.717, 1.165) is 45.3 Å². The lowest BCUT2D eigenvalue weighted by atomic mass is 9.91. The molecule has 1 aliphatic heterocycles. The predicted molar refractivity (Wildman–Crippen MR) is 158 cm³/mol. The third-order valence-electron chi connectivity index (χ3n) is 7.37. The Labute approximate surface area is 257 Å². The van der Waals surface area contributed by atoms with Crippen LogP contribution >= 0.6 is 0 Å². The number of carboxylic acids is 2. The lowest BCUT2D eigenvalue weighted by molar-refractivity contribution is -0.192. The van der Waals surface area contributed by atoms with Crippen molar-refractivity contribution in [2.75, 3.05) is 13.1 Å². The molecule has 1 saturated heterocycles. The van der Waals surface area contributed by atoms with E-state index in [0.29, 0.717) is 18.0 Å². The summed E-state index contributed by atoms with van der Waals surface area (Å²) in [6, 6.07) is 23.9. The number of piperidine rings is 1. The van der Waals surface area contributed by atoms with Gasteiger partial charge in [-0.2, -0.15) is 13.2 Å². The molecule has 1 fully saturated rings. The summed E-state index contributed by atoms with van der Waals surface area (Å²) in [4.78, 5) is 43.3. The number of Topliss-reactive ketones (excluding diaryl/α,β-unsaturated/α-hetero) is 1. The Morgan fingerprint density at radius 1 is 0.911 bits per heavy atom. The quantitative estimate of drug-likeness (QED) is 0.179. The van der Waals surface area contributed by atoms with Crippen molar-refractivity contribution < 1.29 is 42.2 Å². The van der Waals surface area contributed by atoms with Crippen LogP contribution in [0.2, 0.25) is 0 Å². The molecule has 3 heterocycles. The average Bonchev–Trinajstić information content (AvgIpc) is 3.53. The minimum atomic E-state index is -5.08. The highest BCUT2D eigenvalue weighted by molar-refractivity contribution is 5.92. The number of halogens is 3. The number of alkyl halides is 3. The third kappa shape index (κ3) is 9.83. The van der Waals surface area contributed by atoms with Crippen LogP contribution in [0, 0.1) is 5.92 Å². The van der Waals surface area contributed by atoms with Crippen LogP contribution < -0.4 is 0 Å². The summed E-state index contributed by atoms with van der Waals surface area (Å²) in [5.41, 5.74) is 4.10. The number of benzene rings is 2. The summed E-state index contributed by atoms with van der Waals surface area (Å²) < 4.78 is 37.3. The first-order chi connectivity index (χ1) is 21.5. The number of oxazole rings is 1. The molecule has 2 N–H and O–H groups in total. The van der Waals surface area contributed by atoms with Crippen LogP contribution in [0.15, 0.2) is 83.4 Å². The van der Waals surface area contributed by atoms with Gasteiger partial charge in [-0.15, -0.1) is 0 Å². The minimum Gasteiger partial charge on any atom is -0.477 e. The monoisotopic (exact) mass is 623 g/mol. The van der Waals surface area contributed by atoms with Crippen molar-refractivity contribution in [3.05, 3.63) is 96.1 Å². The maximum Gasteiger partial charge on any atom is 0.490 e. The van der Waals surface area contributed by atoms with E-state index in [-0.39, 0.29) is 23.1 Å². The molecule has 2 aromatic carbocycles. The number of carboxylic acid groups (broad SMARTS) is 2. The number of rotatable bonds is 10. The molecule has 12 heteroatoms. The fourth-order valence-electron chi connectivity index (χ4n) is 5.04. The summed E-state index contributed by atoms with van der Waals surface area (Å²) in [6.07, 6.45) is 0.816. The number of aromatic nitrogens is 2. The second-order valence-corrected chi connectivity index (χ2v) is 10.6. The van der Waals surface area contributed by atoms with Gasteiger partial charge in [0.1, 0.15) is 11.4 Å². The molecule has 0 unspecified atom stereocenters. The lowest BCUT2D eigenvalue weighted by Gasteiger charge is -2.32. The molecule has 0 atom stereocenters. The molecule has 45 heavy (non-hydrogen) atoms. The highest BCUT2D eigenvalue weighted by Crippen LogP contribution is 2.26. The highest BCUT2D eigenvalue weighted by atomic mass is 19.4. The van der Waals surface area contributed by atoms with E-state index in [1.165, 1.54) is 29.0 Å². The Balaban J connectivity index is 0.000000591. The SMILES string of the molecule is O=C(O)C(F)(F)F.O=C(O)c1cccc(-c2cnc(C(=O)CCCC3CCN(Cc4cccc(-c5ccccc5)c4)CC3)o2)n1. The van der Waals surface area contributed by atoms with Crippen LogP contribution in [-0.4, -0.2) is 62.1 Å². The summed E-state index contributed by atoms with van der Waals surface area (Å²) in [6.45, 7) is 3.10. The van der Waals surface area contributed by atoms with Crippen molar-refractivity contribution >= 4 is 17.7 Å². The average molecular weight is 624 g/mol. The van der Waals surface area contributed by atoms with Gasteiger partial charge < -0.3 is 14.6 Å². The Morgan fingerprint density at radius 2 is 1.58 bits per heavy atom. The standard InChI is InChI=1S/C31H31N3O4.C2HF3O2/c35-28(30-32-20-29(38-30)26-12-6-13-27(33-26)31(36)37)14-5-7-22-15-17-34(18-16-22)21-23-8-4-11-25(19-23)24-9-2-1-3-10-24;3-2(4,5)1(6)7/h1-4,6,8-13,19-20,22H,5,7,14-18,21H2,(H,36,37);(H,6,7). The maximum atomic E-state index is 12.6. The van der Waals surface area contributed by atoms with Crippen LogP contribution in [0.5, 0.6) is 0 Å². The molecule has 0 amide bonds. The number of ketones is 1. The first-order valence-electron chi connectivity index (χ1n) is 14.4. The molecule has 5 rings (SSSR count). The van der Waals surface area contributed by atoms with Crippen molar-refractivity contribution in [3.63, 3.8) is 0 Å². The Kier molecular flexibility index (Phi) is 11.2. The number of carbonyl (C=O) groups is 3. The van der Waals surface area contributed by atoms with Crippen molar-refractivity contribution in [2.24, 2.45) is 5.92 Å². The van der Waals surface area contributed by atoms with Gasteiger partial charge in [0.05, 0.1) is 6.20 Å². The van der Waals surface area contributed by atoms with Gasteiger partial charge in [-0.1, -0.05) is 54.6 Å². The maximum absolute atomic E-state index is 12.6. The van der Waals surface area contributed by atoms with E-state index in [2.05, 4.69) is 63.4 Å². The molecule has 0 aliphatic carbocycles. The molecule has 0 bridgehead atoms. The zero-order chi connectivity index (χ0) is 32.4. The normalized spacial score (nSPS) is 13.9. The van der Waals surface area contributed by atoms with Gasteiger partial charge >= 0.3 is 18.1 Å². The summed E-state index contributed by atoms with van der Waals surface area (Å²) >= 11 is 0. The predicted octanol–water partition coefficient (Wildman–Crippen LogP) is 7.00. The second kappa shape index (κ2) is 15.2. The van der Waals surface area contributed by atoms with Gasteiger partial charge in [-0.25, -0.2) is 19.6 Å². The topological polar surface area (TPSA) is 134 Å². The molecule has 4 aromatic rings. The van der Waals surface area contributed by atoms with Gasteiger partial charge in [-0.05, 0) is 79.6 Å². The molecule has 0 spiro atoms. The van der Waals surface area contributed by atoms with Crippen molar-refractivity contribution in [1.29, 1.82) is 0 Å². The van der Waals surface area contributed by atoms with E-state index >= 15 is 0 Å². The number of nitrogens with zero attached hydrogens (tertiary/aromatic N) is 3. The van der Waals surface area contributed by atoms with Crippen molar-refractivity contribution in [1.82, 2.24) is 14.9 Å². The van der Waals surface area contributed by atoms with Crippen LogP contribution in [0.1, 0.15) is 58.8 Å². The third-order valence-corrected chi connectivity index (χ3v) is 7.37. The molecule has 9 nitrogen and oxygen atoms in total.